The van der Waals surface area contributed by atoms with Crippen LogP contribution in [-0.2, 0) is 19.4 Å². The lowest BCUT2D eigenvalue weighted by atomic mass is 10.0. The topological polar surface area (TPSA) is 60.2 Å². The summed E-state index contributed by atoms with van der Waals surface area (Å²) >= 11 is 0. The molecule has 2 heterocycles. The first kappa shape index (κ1) is 15.1. The van der Waals surface area contributed by atoms with Gasteiger partial charge in [0.1, 0.15) is 11.9 Å². The number of aliphatic hydroxyl groups is 1. The molecule has 0 fully saturated rings. The van der Waals surface area contributed by atoms with Crippen molar-refractivity contribution in [3.05, 3.63) is 52.8 Å². The van der Waals surface area contributed by atoms with Crippen LogP contribution >= 0.6 is 0 Å². The van der Waals surface area contributed by atoms with E-state index in [1.165, 1.54) is 5.56 Å². The Morgan fingerprint density at radius 3 is 2.88 bits per heavy atom. The molecule has 124 valence electrons. The fraction of sp³-hybridized carbons (Fsp3) is 0.368. The molecule has 1 aromatic carbocycles. The third kappa shape index (κ3) is 2.19. The molecule has 1 atom stereocenters. The van der Waals surface area contributed by atoms with E-state index in [-0.39, 0.29) is 0 Å². The predicted molar refractivity (Wildman–Crippen MR) is 92.3 cm³/mol. The number of ether oxygens (including phenoxy) is 1. The first-order chi connectivity index (χ1) is 11.7. The Labute approximate surface area is 140 Å². The van der Waals surface area contributed by atoms with Gasteiger partial charge in [-0.05, 0) is 37.8 Å². The van der Waals surface area contributed by atoms with Crippen LogP contribution in [0.2, 0.25) is 0 Å². The Hall–Kier alpha value is -2.40. The zero-order chi connectivity index (χ0) is 16.7. The molecule has 24 heavy (non-hydrogen) atoms. The minimum Gasteiger partial charge on any atom is -0.493 e. The van der Waals surface area contributed by atoms with Crippen molar-refractivity contribution < 1.29 is 9.84 Å². The van der Waals surface area contributed by atoms with E-state index in [9.17, 15) is 5.11 Å². The fourth-order valence-electron chi connectivity index (χ4n) is 3.56. The average Bonchev–Trinajstić information content (AvgIpc) is 2.97. The Morgan fingerprint density at radius 2 is 2.08 bits per heavy atom. The lowest BCUT2D eigenvalue weighted by molar-refractivity contribution is 0.214. The van der Waals surface area contributed by atoms with Gasteiger partial charge in [-0.2, -0.15) is 5.10 Å². The number of hydrogen-bond donors (Lipinski definition) is 1. The highest BCUT2D eigenvalue weighted by Crippen LogP contribution is 2.39. The van der Waals surface area contributed by atoms with Crippen LogP contribution in [0.1, 0.15) is 42.3 Å². The zero-order valence-corrected chi connectivity index (χ0v) is 14.0. The molecule has 1 aliphatic rings. The molecule has 0 radical (unpaired) electrons. The summed E-state index contributed by atoms with van der Waals surface area (Å²) < 4.78 is 7.82. The lowest BCUT2D eigenvalue weighted by Crippen LogP contribution is -2.09. The third-order valence-corrected chi connectivity index (χ3v) is 4.71. The maximum atomic E-state index is 11.0. The average molecular weight is 323 g/mol. The van der Waals surface area contributed by atoms with E-state index in [1.54, 1.807) is 0 Å². The molecule has 0 amide bonds. The summed E-state index contributed by atoms with van der Waals surface area (Å²) in [5.41, 5.74) is 4.59. The monoisotopic (exact) mass is 323 g/mol. The number of aliphatic hydroxyl groups excluding tert-OH is 1. The van der Waals surface area contributed by atoms with Crippen LogP contribution in [0.25, 0.3) is 11.0 Å². The second-order valence-electron chi connectivity index (χ2n) is 6.04. The predicted octanol–water partition coefficient (Wildman–Crippen LogP) is 3.03. The summed E-state index contributed by atoms with van der Waals surface area (Å²) in [4.78, 5) is 4.80. The molecule has 0 saturated heterocycles. The van der Waals surface area contributed by atoms with Gasteiger partial charge in [0, 0.05) is 12.1 Å². The van der Waals surface area contributed by atoms with Crippen molar-refractivity contribution >= 4 is 11.0 Å². The van der Waals surface area contributed by atoms with Crippen molar-refractivity contribution in [3.8, 4) is 5.75 Å². The van der Waals surface area contributed by atoms with Gasteiger partial charge in [-0.1, -0.05) is 24.3 Å². The molecule has 4 rings (SSSR count). The summed E-state index contributed by atoms with van der Waals surface area (Å²) in [6.07, 6.45) is 2.76. The second-order valence-corrected chi connectivity index (χ2v) is 6.04. The molecule has 5 nitrogen and oxygen atoms in total. The smallest absolute Gasteiger partial charge is 0.161 e. The number of aryl methyl sites for hydroxylation is 2. The van der Waals surface area contributed by atoms with Gasteiger partial charge in [-0.25, -0.2) is 9.67 Å². The van der Waals surface area contributed by atoms with E-state index in [1.807, 2.05) is 42.9 Å². The van der Waals surface area contributed by atoms with Crippen LogP contribution in [0, 0.1) is 0 Å². The van der Waals surface area contributed by atoms with Gasteiger partial charge in [0.05, 0.1) is 23.9 Å². The van der Waals surface area contributed by atoms with Crippen LogP contribution in [0.15, 0.2) is 30.5 Å². The van der Waals surface area contributed by atoms with E-state index in [0.717, 1.165) is 47.3 Å². The van der Waals surface area contributed by atoms with Gasteiger partial charge in [0.25, 0.3) is 0 Å². The molecule has 0 aliphatic heterocycles. The minimum atomic E-state index is -0.734. The molecule has 2 aromatic heterocycles. The van der Waals surface area contributed by atoms with Gasteiger partial charge in [0.2, 0.25) is 0 Å². The summed E-state index contributed by atoms with van der Waals surface area (Å²) in [6, 6.07) is 8.05. The van der Waals surface area contributed by atoms with E-state index in [0.29, 0.717) is 12.3 Å². The van der Waals surface area contributed by atoms with Crippen LogP contribution < -0.4 is 4.74 Å². The molecule has 0 bridgehead atoms. The molecule has 0 spiro atoms. The molecule has 1 aliphatic carbocycles. The van der Waals surface area contributed by atoms with Gasteiger partial charge in [0.15, 0.2) is 5.65 Å². The number of benzene rings is 1. The largest absolute Gasteiger partial charge is 0.493 e. The van der Waals surface area contributed by atoms with Crippen molar-refractivity contribution in [2.24, 2.45) is 0 Å². The van der Waals surface area contributed by atoms with Gasteiger partial charge in [-0.15, -0.1) is 0 Å². The quantitative estimate of drug-likeness (QED) is 0.805. The maximum Gasteiger partial charge on any atom is 0.161 e. The number of fused-ring (bicyclic) bond motifs is 3. The number of hydrogen-bond acceptors (Lipinski definition) is 4. The highest BCUT2D eigenvalue weighted by Gasteiger charge is 2.28. The van der Waals surface area contributed by atoms with Gasteiger partial charge >= 0.3 is 0 Å². The van der Waals surface area contributed by atoms with Crippen molar-refractivity contribution in [2.75, 3.05) is 6.61 Å². The molecular weight excluding hydrogens is 302 g/mol. The van der Waals surface area contributed by atoms with Crippen LogP contribution in [0.4, 0.5) is 0 Å². The SMILES string of the molecule is CCOc1c2c(nc3c1cnn3CC)C(O)c1ccccc1CC2. The third-order valence-electron chi connectivity index (χ3n) is 4.71. The summed E-state index contributed by atoms with van der Waals surface area (Å²) in [5, 5.41) is 16.3. The van der Waals surface area contributed by atoms with E-state index in [2.05, 4.69) is 11.2 Å². The van der Waals surface area contributed by atoms with E-state index >= 15 is 0 Å². The first-order valence-electron chi connectivity index (χ1n) is 8.51. The maximum absolute atomic E-state index is 11.0. The van der Waals surface area contributed by atoms with Crippen molar-refractivity contribution in [3.63, 3.8) is 0 Å². The van der Waals surface area contributed by atoms with Crippen molar-refractivity contribution in [1.82, 2.24) is 14.8 Å². The van der Waals surface area contributed by atoms with Crippen molar-refractivity contribution in [2.45, 2.75) is 39.3 Å². The normalized spacial score (nSPS) is 16.5. The van der Waals surface area contributed by atoms with Crippen molar-refractivity contribution in [1.29, 1.82) is 0 Å². The fourth-order valence-corrected chi connectivity index (χ4v) is 3.56. The number of pyridine rings is 1. The van der Waals surface area contributed by atoms with Crippen LogP contribution in [-0.4, -0.2) is 26.5 Å². The molecular formula is C19H21N3O2. The number of rotatable bonds is 3. The molecule has 1 N–H and O–H groups in total. The van der Waals surface area contributed by atoms with Gasteiger partial charge < -0.3 is 9.84 Å². The molecule has 5 heteroatoms. The van der Waals surface area contributed by atoms with Crippen LogP contribution in [0.3, 0.4) is 0 Å². The lowest BCUT2D eigenvalue weighted by Gasteiger charge is -2.17. The Kier molecular flexibility index (Phi) is 3.73. The standard InChI is InChI=1S/C19H21N3O2/c1-3-22-19-15(11-20-22)18(24-4-2)14-10-9-12-7-5-6-8-13(12)17(23)16(14)21-19/h5-8,11,17,23H,3-4,9-10H2,1-2H3. The second kappa shape index (κ2) is 5.91. The number of aromatic nitrogens is 3. The van der Waals surface area contributed by atoms with E-state index in [4.69, 9.17) is 9.72 Å². The zero-order valence-electron chi connectivity index (χ0n) is 14.0. The highest BCUT2D eigenvalue weighted by atomic mass is 16.5. The molecule has 1 unspecified atom stereocenters. The summed E-state index contributed by atoms with van der Waals surface area (Å²) in [6.45, 7) is 5.32. The first-order valence-corrected chi connectivity index (χ1v) is 8.51. The Balaban J connectivity index is 2.00. The number of nitrogens with zero attached hydrogens (tertiary/aromatic N) is 3. The summed E-state index contributed by atoms with van der Waals surface area (Å²) in [7, 11) is 0. The Morgan fingerprint density at radius 1 is 1.25 bits per heavy atom. The van der Waals surface area contributed by atoms with Crippen LogP contribution in [0.5, 0.6) is 5.75 Å². The Bertz CT molecular complexity index is 901. The highest BCUT2D eigenvalue weighted by molar-refractivity contribution is 5.84. The van der Waals surface area contributed by atoms with Gasteiger partial charge in [-0.3, -0.25) is 0 Å². The molecule has 3 aromatic rings. The summed E-state index contributed by atoms with van der Waals surface area (Å²) in [5.74, 6) is 0.823. The minimum absolute atomic E-state index is 0.575. The van der Waals surface area contributed by atoms with E-state index < -0.39 is 6.10 Å². The molecule has 0 saturated carbocycles.